The van der Waals surface area contributed by atoms with Crippen molar-refractivity contribution in [3.63, 3.8) is 0 Å². The summed E-state index contributed by atoms with van der Waals surface area (Å²) >= 11 is 0. The van der Waals surface area contributed by atoms with Crippen LogP contribution in [0.1, 0.15) is 31.7 Å². The Morgan fingerprint density at radius 3 is 2.31 bits per heavy atom. The summed E-state index contributed by atoms with van der Waals surface area (Å²) in [4.78, 5) is 17.1. The Balaban J connectivity index is 1.22. The number of nitrogens with zero attached hydrogens (tertiary/aromatic N) is 1. The van der Waals surface area contributed by atoms with E-state index in [-0.39, 0.29) is 12.5 Å². The molecule has 1 aromatic heterocycles. The molecule has 1 N–H and O–H groups in total. The standard InChI is InChI=1S/C31H28N2O3/c1-3-21(2)22-13-16-27(17-14-22)35-20-30(34)32-26-15-18-29-28(19-26)33-31(36-29)25-11-9-24(10-12-25)23-7-5-4-6-8-23/h4-19,21H,3,20H2,1-2H3,(H,32,34). The lowest BCUT2D eigenvalue weighted by atomic mass is 9.99. The Hall–Kier alpha value is -4.38. The van der Waals surface area contributed by atoms with E-state index in [0.717, 1.165) is 23.1 Å². The van der Waals surface area contributed by atoms with Crippen LogP contribution in [0.5, 0.6) is 5.75 Å². The van der Waals surface area contributed by atoms with Crippen molar-refractivity contribution < 1.29 is 13.9 Å². The molecular weight excluding hydrogens is 448 g/mol. The molecule has 0 bridgehead atoms. The van der Waals surface area contributed by atoms with E-state index < -0.39 is 0 Å². The Bertz CT molecular complexity index is 1460. The topological polar surface area (TPSA) is 64.4 Å². The first-order valence-electron chi connectivity index (χ1n) is 12.2. The molecule has 1 atom stereocenters. The van der Waals surface area contributed by atoms with E-state index in [2.05, 4.69) is 48.4 Å². The van der Waals surface area contributed by atoms with Gasteiger partial charge < -0.3 is 14.5 Å². The normalized spacial score (nSPS) is 11.8. The maximum atomic E-state index is 12.4. The second-order valence-electron chi connectivity index (χ2n) is 8.86. The molecule has 180 valence electrons. The van der Waals surface area contributed by atoms with Crippen molar-refractivity contribution >= 4 is 22.7 Å². The second kappa shape index (κ2) is 10.5. The highest BCUT2D eigenvalue weighted by Gasteiger charge is 2.11. The summed E-state index contributed by atoms with van der Waals surface area (Å²) in [5, 5.41) is 2.87. The number of nitrogens with one attached hydrogen (secondary N) is 1. The molecule has 1 amide bonds. The molecule has 1 heterocycles. The quantitative estimate of drug-likeness (QED) is 0.249. The molecule has 0 saturated carbocycles. The number of fused-ring (bicyclic) bond motifs is 1. The van der Waals surface area contributed by atoms with Crippen LogP contribution in [0.4, 0.5) is 5.69 Å². The number of carbonyl (C=O) groups is 1. The van der Waals surface area contributed by atoms with E-state index in [9.17, 15) is 4.79 Å². The van der Waals surface area contributed by atoms with Crippen molar-refractivity contribution in [2.24, 2.45) is 0 Å². The van der Waals surface area contributed by atoms with Crippen LogP contribution in [0, 0.1) is 0 Å². The van der Waals surface area contributed by atoms with Gasteiger partial charge in [0, 0.05) is 11.3 Å². The first kappa shape index (κ1) is 23.4. The molecule has 0 aliphatic heterocycles. The summed E-state index contributed by atoms with van der Waals surface area (Å²) < 4.78 is 11.6. The van der Waals surface area contributed by atoms with E-state index >= 15 is 0 Å². The van der Waals surface area contributed by atoms with E-state index in [0.29, 0.717) is 34.3 Å². The number of benzene rings is 4. The zero-order chi connectivity index (χ0) is 24.9. The third-order valence-corrected chi connectivity index (χ3v) is 6.34. The molecule has 0 radical (unpaired) electrons. The zero-order valence-electron chi connectivity index (χ0n) is 20.4. The molecule has 5 heteroatoms. The van der Waals surface area contributed by atoms with E-state index in [1.54, 1.807) is 12.1 Å². The van der Waals surface area contributed by atoms with Gasteiger partial charge in [0.15, 0.2) is 12.2 Å². The van der Waals surface area contributed by atoms with Gasteiger partial charge in [-0.2, -0.15) is 0 Å². The molecule has 0 fully saturated rings. The van der Waals surface area contributed by atoms with Crippen molar-refractivity contribution in [2.45, 2.75) is 26.2 Å². The highest BCUT2D eigenvalue weighted by atomic mass is 16.5. The molecule has 4 aromatic carbocycles. The van der Waals surface area contributed by atoms with Gasteiger partial charge in [-0.25, -0.2) is 4.98 Å². The third-order valence-electron chi connectivity index (χ3n) is 6.34. The predicted octanol–water partition coefficient (Wildman–Crippen LogP) is 7.69. The van der Waals surface area contributed by atoms with E-state index in [4.69, 9.17) is 9.15 Å². The number of oxazole rings is 1. The molecule has 0 saturated heterocycles. The Labute approximate surface area is 210 Å². The number of ether oxygens (including phenoxy) is 1. The van der Waals surface area contributed by atoms with Crippen LogP contribution in [-0.2, 0) is 4.79 Å². The van der Waals surface area contributed by atoms with Gasteiger partial charge in [0.25, 0.3) is 5.91 Å². The smallest absolute Gasteiger partial charge is 0.262 e. The number of anilines is 1. The zero-order valence-corrected chi connectivity index (χ0v) is 20.4. The van der Waals surface area contributed by atoms with Gasteiger partial charge in [0.2, 0.25) is 5.89 Å². The fourth-order valence-electron chi connectivity index (χ4n) is 4.04. The van der Waals surface area contributed by atoms with Crippen LogP contribution < -0.4 is 10.1 Å². The summed E-state index contributed by atoms with van der Waals surface area (Å²) in [6, 6.07) is 31.7. The third kappa shape index (κ3) is 5.31. The highest BCUT2D eigenvalue weighted by molar-refractivity contribution is 5.94. The van der Waals surface area contributed by atoms with Gasteiger partial charge >= 0.3 is 0 Å². The largest absolute Gasteiger partial charge is 0.484 e. The Morgan fingerprint density at radius 2 is 1.58 bits per heavy atom. The average molecular weight is 477 g/mol. The lowest BCUT2D eigenvalue weighted by Crippen LogP contribution is -2.20. The number of aromatic nitrogens is 1. The minimum Gasteiger partial charge on any atom is -0.484 e. The van der Waals surface area contributed by atoms with Crippen molar-refractivity contribution in [3.8, 4) is 28.3 Å². The van der Waals surface area contributed by atoms with Gasteiger partial charge in [-0.1, -0.05) is 68.4 Å². The molecule has 1 unspecified atom stereocenters. The fraction of sp³-hybridized carbons (Fsp3) is 0.161. The van der Waals surface area contributed by atoms with Gasteiger partial charge in [0.1, 0.15) is 11.3 Å². The summed E-state index contributed by atoms with van der Waals surface area (Å²) in [6.45, 7) is 4.29. The lowest BCUT2D eigenvalue weighted by molar-refractivity contribution is -0.118. The Morgan fingerprint density at radius 1 is 0.889 bits per heavy atom. The van der Waals surface area contributed by atoms with Crippen molar-refractivity contribution in [1.29, 1.82) is 0 Å². The van der Waals surface area contributed by atoms with Gasteiger partial charge in [-0.15, -0.1) is 0 Å². The highest BCUT2D eigenvalue weighted by Crippen LogP contribution is 2.28. The van der Waals surface area contributed by atoms with Crippen molar-refractivity contribution in [2.75, 3.05) is 11.9 Å². The number of carbonyl (C=O) groups excluding carboxylic acids is 1. The molecule has 0 aliphatic rings. The van der Waals surface area contributed by atoms with Crippen molar-refractivity contribution in [1.82, 2.24) is 4.98 Å². The molecule has 5 aromatic rings. The van der Waals surface area contributed by atoms with Crippen LogP contribution >= 0.6 is 0 Å². The average Bonchev–Trinajstić information content (AvgIpc) is 3.36. The first-order chi connectivity index (χ1) is 17.6. The lowest BCUT2D eigenvalue weighted by Gasteiger charge is -2.11. The number of amides is 1. The first-order valence-corrected chi connectivity index (χ1v) is 12.2. The maximum Gasteiger partial charge on any atom is 0.262 e. The molecule has 0 aliphatic carbocycles. The van der Waals surface area contributed by atoms with E-state index in [1.807, 2.05) is 60.7 Å². The monoisotopic (exact) mass is 476 g/mol. The van der Waals surface area contributed by atoms with E-state index in [1.165, 1.54) is 5.56 Å². The molecule has 5 nitrogen and oxygen atoms in total. The minimum absolute atomic E-state index is 0.0709. The van der Waals surface area contributed by atoms with Crippen molar-refractivity contribution in [3.05, 3.63) is 103 Å². The molecule has 0 spiro atoms. The number of hydrogen-bond donors (Lipinski definition) is 1. The molecule has 5 rings (SSSR count). The molecular formula is C31H28N2O3. The number of rotatable bonds is 8. The Kier molecular flexibility index (Phi) is 6.80. The minimum atomic E-state index is -0.236. The van der Waals surface area contributed by atoms with Crippen LogP contribution in [-0.4, -0.2) is 17.5 Å². The van der Waals surface area contributed by atoms with Crippen LogP contribution in [0.2, 0.25) is 0 Å². The molecule has 36 heavy (non-hydrogen) atoms. The van der Waals surface area contributed by atoms with Crippen LogP contribution in [0.25, 0.3) is 33.7 Å². The van der Waals surface area contributed by atoms with Gasteiger partial charge in [0.05, 0.1) is 0 Å². The second-order valence-corrected chi connectivity index (χ2v) is 8.86. The van der Waals surface area contributed by atoms with Crippen LogP contribution in [0.3, 0.4) is 0 Å². The van der Waals surface area contributed by atoms with Gasteiger partial charge in [-0.05, 0) is 71.5 Å². The summed E-state index contributed by atoms with van der Waals surface area (Å²) in [5.74, 6) is 1.48. The summed E-state index contributed by atoms with van der Waals surface area (Å²) in [7, 11) is 0. The number of hydrogen-bond acceptors (Lipinski definition) is 4. The fourth-order valence-corrected chi connectivity index (χ4v) is 4.04. The maximum absolute atomic E-state index is 12.4. The summed E-state index contributed by atoms with van der Waals surface area (Å²) in [6.07, 6.45) is 1.08. The summed E-state index contributed by atoms with van der Waals surface area (Å²) in [5.41, 5.74) is 6.43. The van der Waals surface area contributed by atoms with Gasteiger partial charge in [-0.3, -0.25) is 4.79 Å². The SMILES string of the molecule is CCC(C)c1ccc(OCC(=O)Nc2ccc3oc(-c4ccc(-c5ccccc5)cc4)nc3c2)cc1. The predicted molar refractivity (Wildman–Crippen MR) is 144 cm³/mol. The van der Waals surface area contributed by atoms with Crippen LogP contribution in [0.15, 0.2) is 101 Å².